The molecule has 0 radical (unpaired) electrons. The summed E-state index contributed by atoms with van der Waals surface area (Å²) in [5.41, 5.74) is 1.61. The second kappa shape index (κ2) is 8.71. The molecular weight excluding hydrogens is 355 g/mol. The number of nitrogens with zero attached hydrogens (tertiary/aromatic N) is 1. The molecule has 2 aromatic rings. The van der Waals surface area contributed by atoms with Crippen molar-refractivity contribution in [3.63, 3.8) is 0 Å². The molecule has 4 nitrogen and oxygen atoms in total. The number of aliphatic hydroxyl groups excluding tert-OH is 1. The molecule has 2 aromatic carbocycles. The fourth-order valence-corrected chi connectivity index (χ4v) is 3.56. The number of nitrogens with one attached hydrogen (secondary N) is 1. The van der Waals surface area contributed by atoms with E-state index in [1.807, 2.05) is 31.2 Å². The minimum atomic E-state index is -0.542. The Morgan fingerprint density at radius 3 is 2.65 bits per heavy atom. The molecule has 1 aliphatic rings. The Balaban J connectivity index is 1.44. The molecule has 1 atom stereocenters. The Morgan fingerprint density at radius 2 is 1.96 bits per heavy atom. The van der Waals surface area contributed by atoms with E-state index in [0.717, 1.165) is 37.5 Å². The van der Waals surface area contributed by atoms with Crippen molar-refractivity contribution >= 4 is 17.3 Å². The number of rotatable bonds is 6. The highest BCUT2D eigenvalue weighted by Crippen LogP contribution is 2.22. The van der Waals surface area contributed by atoms with Gasteiger partial charge in [-0.2, -0.15) is 0 Å². The molecule has 1 heterocycles. The molecule has 140 valence electrons. The van der Waals surface area contributed by atoms with Gasteiger partial charge in [-0.25, -0.2) is 4.39 Å². The van der Waals surface area contributed by atoms with Crippen molar-refractivity contribution in [1.29, 1.82) is 0 Å². The van der Waals surface area contributed by atoms with Gasteiger partial charge in [-0.3, -0.25) is 0 Å². The molecule has 6 heteroatoms. The first-order valence-electron chi connectivity index (χ1n) is 8.93. The van der Waals surface area contributed by atoms with Crippen molar-refractivity contribution < 1.29 is 19.1 Å². The van der Waals surface area contributed by atoms with E-state index in [2.05, 4.69) is 4.90 Å². The van der Waals surface area contributed by atoms with Gasteiger partial charge in [0.25, 0.3) is 0 Å². The predicted molar refractivity (Wildman–Crippen MR) is 102 cm³/mol. The van der Waals surface area contributed by atoms with Crippen molar-refractivity contribution in [2.75, 3.05) is 44.2 Å². The van der Waals surface area contributed by atoms with Gasteiger partial charge in [0.05, 0.1) is 31.9 Å². The highest BCUT2D eigenvalue weighted by molar-refractivity contribution is 6.30. The maximum atomic E-state index is 13.9. The van der Waals surface area contributed by atoms with Crippen molar-refractivity contribution in [2.24, 2.45) is 0 Å². The first kappa shape index (κ1) is 19.0. The summed E-state index contributed by atoms with van der Waals surface area (Å²) in [5, 5.41) is 11.0. The Kier molecular flexibility index (Phi) is 6.35. The van der Waals surface area contributed by atoms with Crippen LogP contribution in [0, 0.1) is 12.7 Å². The topological polar surface area (TPSA) is 37.1 Å². The fraction of sp³-hybridized carbons (Fsp3) is 0.400. The minimum Gasteiger partial charge on any atom is -0.490 e. The average molecular weight is 380 g/mol. The first-order valence-corrected chi connectivity index (χ1v) is 9.31. The molecule has 1 aliphatic heterocycles. The maximum absolute atomic E-state index is 13.9. The second-order valence-electron chi connectivity index (χ2n) is 6.77. The number of anilines is 1. The van der Waals surface area contributed by atoms with Crippen LogP contribution in [-0.2, 0) is 0 Å². The molecule has 0 saturated carbocycles. The lowest BCUT2D eigenvalue weighted by Gasteiger charge is -2.34. The molecule has 0 spiro atoms. The lowest BCUT2D eigenvalue weighted by atomic mass is 10.2. The van der Waals surface area contributed by atoms with E-state index in [-0.39, 0.29) is 12.4 Å². The maximum Gasteiger partial charge on any atom is 0.146 e. The van der Waals surface area contributed by atoms with Gasteiger partial charge < -0.3 is 19.6 Å². The number of aliphatic hydroxyl groups is 1. The summed E-state index contributed by atoms with van der Waals surface area (Å²) in [7, 11) is 0. The number of ether oxygens (including phenoxy) is 1. The molecule has 0 bridgehead atoms. The van der Waals surface area contributed by atoms with Crippen LogP contribution in [0.1, 0.15) is 5.56 Å². The van der Waals surface area contributed by atoms with Crippen molar-refractivity contribution in [3.05, 3.63) is 58.9 Å². The van der Waals surface area contributed by atoms with Gasteiger partial charge in [-0.15, -0.1) is 0 Å². The number of piperazine rings is 1. The number of hydrogen-bond donors (Lipinski definition) is 2. The molecule has 26 heavy (non-hydrogen) atoms. The van der Waals surface area contributed by atoms with Gasteiger partial charge >= 0.3 is 0 Å². The summed E-state index contributed by atoms with van der Waals surface area (Å²) in [6.07, 6.45) is -0.542. The zero-order valence-electron chi connectivity index (χ0n) is 14.9. The standard InChI is InChI=1S/C20H24ClFN2O2/c1-15-12-16(21)6-7-20(15)26-14-17(25)13-23-8-10-24(11-9-23)19-5-3-2-4-18(19)22/h2-7,12,17,25H,8-11,13-14H2,1H3/p+1/t17-/m0/s1. The highest BCUT2D eigenvalue weighted by Gasteiger charge is 2.24. The lowest BCUT2D eigenvalue weighted by molar-refractivity contribution is -0.903. The van der Waals surface area contributed by atoms with E-state index in [1.165, 1.54) is 11.0 Å². The van der Waals surface area contributed by atoms with Crippen molar-refractivity contribution in [1.82, 2.24) is 0 Å². The molecule has 1 fully saturated rings. The van der Waals surface area contributed by atoms with E-state index in [1.54, 1.807) is 12.1 Å². The predicted octanol–water partition coefficient (Wildman–Crippen LogP) is 1.93. The van der Waals surface area contributed by atoms with E-state index >= 15 is 0 Å². The minimum absolute atomic E-state index is 0.178. The molecule has 0 unspecified atom stereocenters. The third kappa shape index (κ3) is 4.87. The van der Waals surface area contributed by atoms with E-state index in [4.69, 9.17) is 16.3 Å². The molecule has 3 rings (SSSR count). The Bertz CT molecular complexity index is 736. The van der Waals surface area contributed by atoms with Crippen LogP contribution in [0.5, 0.6) is 5.75 Å². The van der Waals surface area contributed by atoms with Gasteiger partial charge in [0.1, 0.15) is 30.8 Å². The lowest BCUT2D eigenvalue weighted by Crippen LogP contribution is -3.16. The van der Waals surface area contributed by atoms with E-state index in [0.29, 0.717) is 17.3 Å². The number of halogens is 2. The normalized spacial score (nSPS) is 16.5. The number of hydrogen-bond acceptors (Lipinski definition) is 3. The van der Waals surface area contributed by atoms with Crippen molar-refractivity contribution in [2.45, 2.75) is 13.0 Å². The summed E-state index contributed by atoms with van der Waals surface area (Å²) < 4.78 is 19.6. The van der Waals surface area contributed by atoms with Crippen molar-refractivity contribution in [3.8, 4) is 5.75 Å². The summed E-state index contributed by atoms with van der Waals surface area (Å²) in [6, 6.07) is 12.3. The summed E-state index contributed by atoms with van der Waals surface area (Å²) in [4.78, 5) is 3.38. The third-order valence-corrected chi connectivity index (χ3v) is 4.99. The quantitative estimate of drug-likeness (QED) is 0.805. The van der Waals surface area contributed by atoms with Crippen LogP contribution < -0.4 is 14.5 Å². The SMILES string of the molecule is Cc1cc(Cl)ccc1OC[C@@H](O)C[NH+]1CCN(c2ccccc2F)CC1. The molecule has 0 aromatic heterocycles. The van der Waals surface area contributed by atoms with E-state index < -0.39 is 6.10 Å². The van der Waals surface area contributed by atoms with Crippen LogP contribution in [0.15, 0.2) is 42.5 Å². The second-order valence-corrected chi connectivity index (χ2v) is 7.20. The van der Waals surface area contributed by atoms with Gasteiger partial charge in [0.2, 0.25) is 0 Å². The van der Waals surface area contributed by atoms with Crippen LogP contribution in [0.2, 0.25) is 5.02 Å². The Hall–Kier alpha value is -1.82. The van der Waals surface area contributed by atoms with E-state index in [9.17, 15) is 9.50 Å². The monoisotopic (exact) mass is 379 g/mol. The summed E-state index contributed by atoms with van der Waals surface area (Å²) >= 11 is 5.94. The number of para-hydroxylation sites is 1. The molecule has 1 saturated heterocycles. The molecule has 0 amide bonds. The molecular formula is C20H25ClFN2O2+. The van der Waals surface area contributed by atoms with Crippen LogP contribution in [0.3, 0.4) is 0 Å². The van der Waals surface area contributed by atoms with Crippen LogP contribution in [-0.4, -0.2) is 50.5 Å². The van der Waals surface area contributed by atoms with Crippen LogP contribution in [0.4, 0.5) is 10.1 Å². The largest absolute Gasteiger partial charge is 0.490 e. The number of quaternary nitrogens is 1. The summed E-state index contributed by atoms with van der Waals surface area (Å²) in [5.74, 6) is 0.565. The summed E-state index contributed by atoms with van der Waals surface area (Å²) in [6.45, 7) is 6.10. The van der Waals surface area contributed by atoms with Gasteiger partial charge in [-0.05, 0) is 42.8 Å². The Labute approximate surface area is 158 Å². The van der Waals surface area contributed by atoms with Gasteiger partial charge in [-0.1, -0.05) is 23.7 Å². The molecule has 2 N–H and O–H groups in total. The smallest absolute Gasteiger partial charge is 0.146 e. The highest BCUT2D eigenvalue weighted by atomic mass is 35.5. The van der Waals surface area contributed by atoms with Gasteiger partial charge in [0.15, 0.2) is 0 Å². The number of aryl methyl sites for hydroxylation is 1. The van der Waals surface area contributed by atoms with Crippen LogP contribution in [0.25, 0.3) is 0 Å². The zero-order valence-corrected chi connectivity index (χ0v) is 15.7. The zero-order chi connectivity index (χ0) is 18.5. The van der Waals surface area contributed by atoms with Crippen LogP contribution >= 0.6 is 11.6 Å². The van der Waals surface area contributed by atoms with Gasteiger partial charge in [0, 0.05) is 5.02 Å². The average Bonchev–Trinajstić information content (AvgIpc) is 2.62. The fourth-order valence-electron chi connectivity index (χ4n) is 3.33. The Morgan fingerprint density at radius 1 is 1.23 bits per heavy atom. The molecule has 0 aliphatic carbocycles. The number of benzene rings is 2. The first-order chi connectivity index (χ1) is 12.5. The third-order valence-electron chi connectivity index (χ3n) is 4.76.